The summed E-state index contributed by atoms with van der Waals surface area (Å²) in [6, 6.07) is 0.991. The van der Waals surface area contributed by atoms with E-state index < -0.39 is 11.7 Å². The van der Waals surface area contributed by atoms with Crippen LogP contribution in [0.3, 0.4) is 0 Å². The van der Waals surface area contributed by atoms with E-state index in [1.165, 1.54) is 10.9 Å². The molecule has 114 valence electrons. The zero-order valence-electron chi connectivity index (χ0n) is 11.5. The zero-order valence-corrected chi connectivity index (χ0v) is 13.1. The highest BCUT2D eigenvalue weighted by atomic mass is 79.9. The van der Waals surface area contributed by atoms with Crippen LogP contribution in [0.4, 0.5) is 18.9 Å². The second-order valence-corrected chi connectivity index (χ2v) is 5.36. The third-order valence-corrected chi connectivity index (χ3v) is 3.54. The number of halogens is 4. The van der Waals surface area contributed by atoms with Crippen molar-refractivity contribution in [1.82, 2.24) is 14.8 Å². The predicted molar refractivity (Wildman–Crippen MR) is 77.2 cm³/mol. The van der Waals surface area contributed by atoms with E-state index in [1.807, 2.05) is 13.8 Å². The Labute approximate surface area is 128 Å². The lowest BCUT2D eigenvalue weighted by Gasteiger charge is -2.14. The molecule has 21 heavy (non-hydrogen) atoms. The highest BCUT2D eigenvalue weighted by Gasteiger charge is 2.36. The molecule has 0 amide bonds. The quantitative estimate of drug-likeness (QED) is 0.904. The largest absolute Gasteiger partial charge is 0.420 e. The fourth-order valence-electron chi connectivity index (χ4n) is 2.10. The molecular weight excluding hydrogens is 349 g/mol. The summed E-state index contributed by atoms with van der Waals surface area (Å²) in [7, 11) is 0. The number of alkyl halides is 3. The zero-order chi connectivity index (χ0) is 15.8. The molecule has 0 fully saturated rings. The van der Waals surface area contributed by atoms with E-state index in [0.29, 0.717) is 29.9 Å². The van der Waals surface area contributed by atoms with Gasteiger partial charge in [0.1, 0.15) is 5.56 Å². The minimum absolute atomic E-state index is 0.256. The average Bonchev–Trinajstić information content (AvgIpc) is 2.73. The Morgan fingerprint density at radius 1 is 1.29 bits per heavy atom. The van der Waals surface area contributed by atoms with Gasteiger partial charge >= 0.3 is 6.18 Å². The Morgan fingerprint density at radius 2 is 1.95 bits per heavy atom. The Morgan fingerprint density at radius 3 is 2.48 bits per heavy atom. The number of anilines is 1. The van der Waals surface area contributed by atoms with Crippen molar-refractivity contribution < 1.29 is 13.2 Å². The standard InChI is InChI=1S/C13H14BrF3N4/c1-3-9-11(18)10(4-2)21(20-9)12-8(13(15,16)17)5-7(14)6-19-12/h5-6H,3-4,18H2,1-2H3. The molecule has 0 spiro atoms. The number of aryl methyl sites for hydroxylation is 1. The van der Waals surface area contributed by atoms with E-state index in [0.717, 1.165) is 6.07 Å². The maximum atomic E-state index is 13.2. The van der Waals surface area contributed by atoms with Crippen molar-refractivity contribution in [2.24, 2.45) is 0 Å². The molecular formula is C13H14BrF3N4. The molecule has 0 unspecified atom stereocenters. The summed E-state index contributed by atoms with van der Waals surface area (Å²) in [4.78, 5) is 3.89. The van der Waals surface area contributed by atoms with Gasteiger partial charge in [-0.3, -0.25) is 0 Å². The number of hydrogen-bond acceptors (Lipinski definition) is 3. The molecule has 0 aliphatic heterocycles. The van der Waals surface area contributed by atoms with Gasteiger partial charge in [-0.05, 0) is 34.8 Å². The van der Waals surface area contributed by atoms with Gasteiger partial charge in [0.2, 0.25) is 0 Å². The summed E-state index contributed by atoms with van der Waals surface area (Å²) >= 11 is 3.01. The van der Waals surface area contributed by atoms with E-state index in [4.69, 9.17) is 5.73 Å². The Bertz CT molecular complexity index is 664. The van der Waals surface area contributed by atoms with Crippen LogP contribution in [0.15, 0.2) is 16.7 Å². The summed E-state index contributed by atoms with van der Waals surface area (Å²) in [5.74, 6) is -0.256. The second kappa shape index (κ2) is 5.67. The first-order chi connectivity index (χ1) is 9.79. The lowest BCUT2D eigenvalue weighted by Crippen LogP contribution is -2.15. The maximum absolute atomic E-state index is 13.2. The first-order valence-corrected chi connectivity index (χ1v) is 7.18. The Balaban J connectivity index is 2.73. The van der Waals surface area contributed by atoms with Crippen LogP contribution in [-0.4, -0.2) is 14.8 Å². The van der Waals surface area contributed by atoms with Crippen LogP contribution in [-0.2, 0) is 19.0 Å². The van der Waals surface area contributed by atoms with E-state index in [2.05, 4.69) is 26.0 Å². The second-order valence-electron chi connectivity index (χ2n) is 4.45. The van der Waals surface area contributed by atoms with E-state index >= 15 is 0 Å². The van der Waals surface area contributed by atoms with E-state index in [9.17, 15) is 13.2 Å². The lowest BCUT2D eigenvalue weighted by atomic mass is 10.2. The summed E-state index contributed by atoms with van der Waals surface area (Å²) in [5, 5.41) is 4.19. The molecule has 0 atom stereocenters. The molecule has 0 aromatic carbocycles. The first kappa shape index (κ1) is 15.8. The number of nitrogens with zero attached hydrogens (tertiary/aromatic N) is 3. The first-order valence-electron chi connectivity index (χ1n) is 6.38. The Hall–Kier alpha value is -1.57. The van der Waals surface area contributed by atoms with Gasteiger partial charge in [0.25, 0.3) is 0 Å². The number of nitrogen functional groups attached to an aromatic ring is 1. The smallest absolute Gasteiger partial charge is 0.396 e. The highest BCUT2D eigenvalue weighted by Crippen LogP contribution is 2.35. The molecule has 0 aliphatic carbocycles. The highest BCUT2D eigenvalue weighted by molar-refractivity contribution is 9.10. The molecule has 0 bridgehead atoms. The summed E-state index contributed by atoms with van der Waals surface area (Å²) < 4.78 is 41.1. The molecule has 0 saturated carbocycles. The fourth-order valence-corrected chi connectivity index (χ4v) is 2.43. The molecule has 4 nitrogen and oxygen atoms in total. The van der Waals surface area contributed by atoms with Crippen molar-refractivity contribution in [3.63, 3.8) is 0 Å². The monoisotopic (exact) mass is 362 g/mol. The van der Waals surface area contributed by atoms with Crippen molar-refractivity contribution in [3.8, 4) is 5.82 Å². The summed E-state index contributed by atoms with van der Waals surface area (Å²) in [6.45, 7) is 3.66. The topological polar surface area (TPSA) is 56.7 Å². The van der Waals surface area contributed by atoms with Gasteiger partial charge in [-0.1, -0.05) is 13.8 Å². The number of rotatable bonds is 3. The van der Waals surface area contributed by atoms with Crippen molar-refractivity contribution in [3.05, 3.63) is 33.7 Å². The van der Waals surface area contributed by atoms with Gasteiger partial charge in [-0.25, -0.2) is 9.67 Å². The lowest BCUT2D eigenvalue weighted by molar-refractivity contribution is -0.137. The number of pyridine rings is 1. The number of nitrogens with two attached hydrogens (primary N) is 1. The van der Waals surface area contributed by atoms with Crippen LogP contribution < -0.4 is 5.73 Å². The SMILES string of the molecule is CCc1nn(-c2ncc(Br)cc2C(F)(F)F)c(CC)c1N. The van der Waals surface area contributed by atoms with Crippen molar-refractivity contribution in [2.45, 2.75) is 32.9 Å². The minimum atomic E-state index is -4.52. The van der Waals surface area contributed by atoms with Crippen LogP contribution >= 0.6 is 15.9 Å². The van der Waals surface area contributed by atoms with E-state index in [-0.39, 0.29) is 10.3 Å². The molecule has 2 aromatic heterocycles. The minimum Gasteiger partial charge on any atom is -0.396 e. The van der Waals surface area contributed by atoms with Crippen LogP contribution in [0.25, 0.3) is 5.82 Å². The van der Waals surface area contributed by atoms with Crippen molar-refractivity contribution in [1.29, 1.82) is 0 Å². The Kier molecular flexibility index (Phi) is 4.27. The van der Waals surface area contributed by atoms with Gasteiger partial charge in [0.15, 0.2) is 5.82 Å². The normalized spacial score (nSPS) is 11.9. The number of aromatic nitrogens is 3. The van der Waals surface area contributed by atoms with E-state index in [1.54, 1.807) is 0 Å². The van der Waals surface area contributed by atoms with Gasteiger partial charge < -0.3 is 5.73 Å². The molecule has 0 radical (unpaired) electrons. The van der Waals surface area contributed by atoms with Gasteiger partial charge in [0, 0.05) is 10.7 Å². The third-order valence-electron chi connectivity index (χ3n) is 3.11. The summed E-state index contributed by atoms with van der Waals surface area (Å²) in [5.41, 5.74) is 6.64. The predicted octanol–water partition coefficient (Wildman–Crippen LogP) is 3.76. The van der Waals surface area contributed by atoms with Crippen LogP contribution in [0.2, 0.25) is 0 Å². The van der Waals surface area contributed by atoms with Crippen LogP contribution in [0.1, 0.15) is 30.8 Å². The third kappa shape index (κ3) is 2.90. The van der Waals surface area contributed by atoms with Gasteiger partial charge in [0.05, 0.1) is 17.1 Å². The molecule has 2 rings (SSSR count). The molecule has 2 heterocycles. The molecule has 2 aromatic rings. The average molecular weight is 363 g/mol. The van der Waals surface area contributed by atoms with Crippen molar-refractivity contribution >= 4 is 21.6 Å². The van der Waals surface area contributed by atoms with Gasteiger partial charge in [-0.15, -0.1) is 0 Å². The maximum Gasteiger partial charge on any atom is 0.420 e. The molecule has 8 heteroatoms. The fraction of sp³-hybridized carbons (Fsp3) is 0.385. The number of hydrogen-bond donors (Lipinski definition) is 1. The van der Waals surface area contributed by atoms with Gasteiger partial charge in [-0.2, -0.15) is 18.3 Å². The molecule has 0 saturated heterocycles. The van der Waals surface area contributed by atoms with Crippen LogP contribution in [0, 0.1) is 0 Å². The summed E-state index contributed by atoms with van der Waals surface area (Å²) in [6.07, 6.45) is -2.20. The van der Waals surface area contributed by atoms with Crippen molar-refractivity contribution in [2.75, 3.05) is 5.73 Å². The molecule has 0 aliphatic rings. The van der Waals surface area contributed by atoms with Crippen LogP contribution in [0.5, 0.6) is 0 Å². The molecule has 2 N–H and O–H groups in total.